The molecule has 2 aromatic rings. The number of ether oxygens (including phenoxy) is 2. The van der Waals surface area contributed by atoms with Crippen LogP contribution in [0.15, 0.2) is 30.5 Å². The van der Waals surface area contributed by atoms with Crippen molar-refractivity contribution in [2.45, 2.75) is 6.92 Å². The molecule has 0 aliphatic carbocycles. The van der Waals surface area contributed by atoms with Gasteiger partial charge < -0.3 is 9.47 Å². The third-order valence-corrected chi connectivity index (χ3v) is 2.48. The molecule has 5 heteroatoms. The van der Waals surface area contributed by atoms with E-state index in [0.717, 1.165) is 11.1 Å². The van der Waals surface area contributed by atoms with Crippen LogP contribution < -0.4 is 4.74 Å². The molecule has 0 radical (unpaired) electrons. The highest BCUT2D eigenvalue weighted by molar-refractivity contribution is 5.91. The number of aromatic nitrogens is 2. The Bertz CT molecular complexity index is 623. The molecule has 2 aromatic heterocycles. The van der Waals surface area contributed by atoms with E-state index in [-0.39, 0.29) is 5.97 Å². The minimum Gasteiger partial charge on any atom is -0.481 e. The average molecular weight is 258 g/mol. The Kier molecular flexibility index (Phi) is 4.07. The van der Waals surface area contributed by atoms with Gasteiger partial charge in [0, 0.05) is 23.9 Å². The summed E-state index contributed by atoms with van der Waals surface area (Å²) in [7, 11) is 1.55. The van der Waals surface area contributed by atoms with E-state index in [0.29, 0.717) is 18.0 Å². The Morgan fingerprint density at radius 2 is 2.21 bits per heavy atom. The largest absolute Gasteiger partial charge is 0.481 e. The molecule has 0 N–H and O–H groups in total. The molecule has 0 aliphatic heterocycles. The van der Waals surface area contributed by atoms with E-state index in [1.165, 1.54) is 6.08 Å². The van der Waals surface area contributed by atoms with Crippen molar-refractivity contribution in [3.8, 4) is 5.88 Å². The molecule has 0 saturated carbocycles. The lowest BCUT2D eigenvalue weighted by Gasteiger charge is -2.03. The van der Waals surface area contributed by atoms with Gasteiger partial charge in [0.05, 0.1) is 24.8 Å². The van der Waals surface area contributed by atoms with E-state index in [1.807, 2.05) is 6.07 Å². The van der Waals surface area contributed by atoms with Crippen LogP contribution in [0.2, 0.25) is 0 Å². The Morgan fingerprint density at radius 3 is 2.95 bits per heavy atom. The SMILES string of the molecule is CCOC(=O)/C=C/c1ccnc2ccc(OC)nc12. The van der Waals surface area contributed by atoms with Crippen molar-refractivity contribution in [1.29, 1.82) is 0 Å². The molecule has 0 aromatic carbocycles. The number of rotatable bonds is 4. The summed E-state index contributed by atoms with van der Waals surface area (Å²) in [6.07, 6.45) is 4.70. The van der Waals surface area contributed by atoms with Crippen LogP contribution in [0.4, 0.5) is 0 Å². The molecular weight excluding hydrogens is 244 g/mol. The van der Waals surface area contributed by atoms with Gasteiger partial charge in [0.2, 0.25) is 5.88 Å². The van der Waals surface area contributed by atoms with Gasteiger partial charge in [0.15, 0.2) is 0 Å². The number of carbonyl (C=O) groups is 1. The molecule has 0 bridgehead atoms. The van der Waals surface area contributed by atoms with E-state index in [1.54, 1.807) is 38.4 Å². The predicted octanol–water partition coefficient (Wildman–Crippen LogP) is 2.21. The molecule has 2 rings (SSSR count). The van der Waals surface area contributed by atoms with E-state index in [9.17, 15) is 4.79 Å². The predicted molar refractivity (Wildman–Crippen MR) is 71.8 cm³/mol. The van der Waals surface area contributed by atoms with Gasteiger partial charge in [-0.15, -0.1) is 0 Å². The van der Waals surface area contributed by atoms with Gasteiger partial charge in [-0.2, -0.15) is 0 Å². The number of methoxy groups -OCH3 is 1. The fourth-order valence-corrected chi connectivity index (χ4v) is 1.62. The molecule has 0 fully saturated rings. The highest BCUT2D eigenvalue weighted by Gasteiger charge is 2.04. The lowest BCUT2D eigenvalue weighted by Crippen LogP contribution is -1.98. The number of nitrogens with zero attached hydrogens (tertiary/aromatic N) is 2. The van der Waals surface area contributed by atoms with E-state index in [2.05, 4.69) is 9.97 Å². The van der Waals surface area contributed by atoms with Crippen LogP contribution in [0.1, 0.15) is 12.5 Å². The lowest BCUT2D eigenvalue weighted by molar-refractivity contribution is -0.137. The van der Waals surface area contributed by atoms with Gasteiger partial charge in [-0.25, -0.2) is 9.78 Å². The molecule has 0 saturated heterocycles. The van der Waals surface area contributed by atoms with Crippen molar-refractivity contribution in [2.24, 2.45) is 0 Å². The molecule has 0 amide bonds. The molecule has 5 nitrogen and oxygen atoms in total. The zero-order chi connectivity index (χ0) is 13.7. The quantitative estimate of drug-likeness (QED) is 0.621. The number of hydrogen-bond acceptors (Lipinski definition) is 5. The third kappa shape index (κ3) is 3.07. The number of fused-ring (bicyclic) bond motifs is 1. The minimum absolute atomic E-state index is 0.354. The number of pyridine rings is 2. The number of carbonyl (C=O) groups excluding carboxylic acids is 1. The maximum atomic E-state index is 11.3. The Labute approximate surface area is 110 Å². The first-order valence-corrected chi connectivity index (χ1v) is 5.89. The van der Waals surface area contributed by atoms with Crippen LogP contribution in [0.3, 0.4) is 0 Å². The van der Waals surface area contributed by atoms with Gasteiger partial charge in [-0.1, -0.05) is 0 Å². The van der Waals surface area contributed by atoms with Gasteiger partial charge >= 0.3 is 5.97 Å². The maximum absolute atomic E-state index is 11.3. The molecule has 19 heavy (non-hydrogen) atoms. The van der Waals surface area contributed by atoms with Crippen molar-refractivity contribution >= 4 is 23.1 Å². The van der Waals surface area contributed by atoms with Gasteiger partial charge in [0.1, 0.15) is 0 Å². The smallest absolute Gasteiger partial charge is 0.330 e. The summed E-state index contributed by atoms with van der Waals surface area (Å²) in [4.78, 5) is 19.8. The summed E-state index contributed by atoms with van der Waals surface area (Å²) < 4.78 is 9.92. The van der Waals surface area contributed by atoms with E-state index < -0.39 is 0 Å². The van der Waals surface area contributed by atoms with E-state index in [4.69, 9.17) is 9.47 Å². The summed E-state index contributed by atoms with van der Waals surface area (Å²) >= 11 is 0. The second kappa shape index (κ2) is 5.95. The fraction of sp³-hybridized carbons (Fsp3) is 0.214. The van der Waals surface area contributed by atoms with Crippen LogP contribution in [-0.2, 0) is 9.53 Å². The van der Waals surface area contributed by atoms with Crippen LogP contribution in [0, 0.1) is 0 Å². The topological polar surface area (TPSA) is 61.3 Å². The fourth-order valence-electron chi connectivity index (χ4n) is 1.62. The first-order valence-electron chi connectivity index (χ1n) is 5.89. The van der Waals surface area contributed by atoms with Gasteiger partial charge in [0.25, 0.3) is 0 Å². The highest BCUT2D eigenvalue weighted by atomic mass is 16.5. The second-order valence-corrected chi connectivity index (χ2v) is 3.71. The summed E-state index contributed by atoms with van der Waals surface area (Å²) in [5.41, 5.74) is 2.21. The van der Waals surface area contributed by atoms with Crippen molar-refractivity contribution in [1.82, 2.24) is 9.97 Å². The molecule has 0 atom stereocenters. The zero-order valence-electron chi connectivity index (χ0n) is 10.8. The monoisotopic (exact) mass is 258 g/mol. The first-order chi connectivity index (χ1) is 9.24. The summed E-state index contributed by atoms with van der Waals surface area (Å²) in [5, 5.41) is 0. The van der Waals surface area contributed by atoms with E-state index >= 15 is 0 Å². The molecular formula is C14H14N2O3. The number of hydrogen-bond donors (Lipinski definition) is 0. The van der Waals surface area contributed by atoms with Crippen molar-refractivity contribution in [2.75, 3.05) is 13.7 Å². The molecule has 0 unspecified atom stereocenters. The average Bonchev–Trinajstić information content (AvgIpc) is 2.44. The Morgan fingerprint density at radius 1 is 1.37 bits per heavy atom. The van der Waals surface area contributed by atoms with Crippen LogP contribution >= 0.6 is 0 Å². The first kappa shape index (κ1) is 13.0. The highest BCUT2D eigenvalue weighted by Crippen LogP contribution is 2.19. The standard InChI is InChI=1S/C14H14N2O3/c1-3-19-13(17)7-4-10-8-9-15-11-5-6-12(18-2)16-14(10)11/h4-9H,3H2,1-2H3/b7-4+. The molecule has 0 spiro atoms. The van der Waals surface area contributed by atoms with Gasteiger partial charge in [-0.3, -0.25) is 4.98 Å². The summed E-state index contributed by atoms with van der Waals surface area (Å²) in [5.74, 6) is 0.127. The Balaban J connectivity index is 2.39. The number of esters is 1. The summed E-state index contributed by atoms with van der Waals surface area (Å²) in [6.45, 7) is 2.12. The van der Waals surface area contributed by atoms with Crippen LogP contribution in [-0.4, -0.2) is 29.7 Å². The van der Waals surface area contributed by atoms with Crippen LogP contribution in [0.25, 0.3) is 17.1 Å². The lowest BCUT2D eigenvalue weighted by atomic mass is 10.2. The van der Waals surface area contributed by atoms with Crippen molar-refractivity contribution < 1.29 is 14.3 Å². The van der Waals surface area contributed by atoms with Crippen molar-refractivity contribution in [3.63, 3.8) is 0 Å². The van der Waals surface area contributed by atoms with Crippen LogP contribution in [0.5, 0.6) is 5.88 Å². The zero-order valence-corrected chi connectivity index (χ0v) is 10.8. The third-order valence-electron chi connectivity index (χ3n) is 2.48. The normalized spacial score (nSPS) is 10.8. The second-order valence-electron chi connectivity index (χ2n) is 3.71. The van der Waals surface area contributed by atoms with Gasteiger partial charge in [-0.05, 0) is 25.1 Å². The maximum Gasteiger partial charge on any atom is 0.330 e. The molecule has 0 aliphatic rings. The molecule has 98 valence electrons. The minimum atomic E-state index is -0.379. The Hall–Kier alpha value is -2.43. The summed E-state index contributed by atoms with van der Waals surface area (Å²) in [6, 6.07) is 5.35. The molecule has 2 heterocycles. The van der Waals surface area contributed by atoms with Crippen molar-refractivity contribution in [3.05, 3.63) is 36.0 Å².